The Morgan fingerprint density at radius 3 is 2.52 bits per heavy atom. The van der Waals surface area contributed by atoms with Gasteiger partial charge in [-0.05, 0) is 43.2 Å². The molecule has 1 aliphatic carbocycles. The molecule has 23 heavy (non-hydrogen) atoms. The molecule has 3 rings (SSSR count). The molecule has 0 unspecified atom stereocenters. The minimum atomic E-state index is -0.358. The van der Waals surface area contributed by atoms with E-state index in [1.165, 1.54) is 0 Å². The van der Waals surface area contributed by atoms with Crippen LogP contribution in [0.1, 0.15) is 33.6 Å². The Bertz CT molecular complexity index is 775. The molecule has 2 amide bonds. The second-order valence-electron chi connectivity index (χ2n) is 5.37. The van der Waals surface area contributed by atoms with Gasteiger partial charge in [-0.15, -0.1) is 0 Å². The lowest BCUT2D eigenvalue weighted by molar-refractivity contribution is 0.0952. The van der Waals surface area contributed by atoms with E-state index in [-0.39, 0.29) is 17.9 Å². The molecular weight excluding hydrogens is 380 g/mol. The summed E-state index contributed by atoms with van der Waals surface area (Å²) in [5.41, 5.74) is 1.25. The number of hydrogen-bond donors (Lipinski definition) is 2. The van der Waals surface area contributed by atoms with Crippen molar-refractivity contribution in [3.8, 4) is 0 Å². The molecule has 0 radical (unpaired) electrons. The maximum atomic E-state index is 12.4. The Kier molecular flexibility index (Phi) is 4.68. The van der Waals surface area contributed by atoms with Crippen LogP contribution in [-0.4, -0.2) is 17.9 Å². The SMILES string of the molecule is O=C(Nc1ccccc1C(=O)NC1CC1)c1cc(Br)ccc1Cl. The molecule has 6 heteroatoms. The summed E-state index contributed by atoms with van der Waals surface area (Å²) >= 11 is 9.39. The molecule has 0 atom stereocenters. The average molecular weight is 394 g/mol. The van der Waals surface area contributed by atoms with Crippen LogP contribution in [0, 0.1) is 0 Å². The lowest BCUT2D eigenvalue weighted by atomic mass is 10.1. The van der Waals surface area contributed by atoms with Crippen LogP contribution in [0.5, 0.6) is 0 Å². The van der Waals surface area contributed by atoms with E-state index in [0.717, 1.165) is 17.3 Å². The fraction of sp³-hybridized carbons (Fsp3) is 0.176. The minimum Gasteiger partial charge on any atom is -0.349 e. The van der Waals surface area contributed by atoms with Crippen molar-refractivity contribution in [2.75, 3.05) is 5.32 Å². The van der Waals surface area contributed by atoms with Crippen molar-refractivity contribution >= 4 is 45.0 Å². The summed E-state index contributed by atoms with van der Waals surface area (Å²) in [4.78, 5) is 24.7. The van der Waals surface area contributed by atoms with Gasteiger partial charge in [0.1, 0.15) is 0 Å². The summed E-state index contributed by atoms with van der Waals surface area (Å²) in [6.45, 7) is 0. The third kappa shape index (κ3) is 3.92. The Morgan fingerprint density at radius 1 is 1.04 bits per heavy atom. The van der Waals surface area contributed by atoms with E-state index < -0.39 is 0 Å². The van der Waals surface area contributed by atoms with E-state index in [9.17, 15) is 9.59 Å². The fourth-order valence-corrected chi connectivity index (χ4v) is 2.71. The third-order valence-electron chi connectivity index (χ3n) is 3.51. The Morgan fingerprint density at radius 2 is 1.78 bits per heavy atom. The number of halogens is 2. The number of amides is 2. The number of para-hydroxylation sites is 1. The summed E-state index contributed by atoms with van der Waals surface area (Å²) in [6, 6.07) is 12.2. The summed E-state index contributed by atoms with van der Waals surface area (Å²) in [7, 11) is 0. The van der Waals surface area contributed by atoms with Gasteiger partial charge < -0.3 is 10.6 Å². The zero-order valence-corrected chi connectivity index (χ0v) is 14.4. The molecule has 0 bridgehead atoms. The second-order valence-corrected chi connectivity index (χ2v) is 6.69. The lowest BCUT2D eigenvalue weighted by Crippen LogP contribution is -2.27. The van der Waals surface area contributed by atoms with Gasteiger partial charge in [0.2, 0.25) is 0 Å². The van der Waals surface area contributed by atoms with E-state index in [2.05, 4.69) is 26.6 Å². The molecule has 1 fully saturated rings. The predicted octanol–water partition coefficient (Wildman–Crippen LogP) is 4.25. The molecule has 0 heterocycles. The van der Waals surface area contributed by atoms with Crippen LogP contribution in [0.3, 0.4) is 0 Å². The van der Waals surface area contributed by atoms with E-state index in [0.29, 0.717) is 21.8 Å². The summed E-state index contributed by atoms with van der Waals surface area (Å²) in [5.74, 6) is -0.535. The highest BCUT2D eigenvalue weighted by atomic mass is 79.9. The van der Waals surface area contributed by atoms with E-state index in [1.807, 2.05) is 0 Å². The third-order valence-corrected chi connectivity index (χ3v) is 4.33. The van der Waals surface area contributed by atoms with Gasteiger partial charge in [-0.25, -0.2) is 0 Å². The lowest BCUT2D eigenvalue weighted by Gasteiger charge is -2.12. The van der Waals surface area contributed by atoms with Crippen molar-refractivity contribution in [2.45, 2.75) is 18.9 Å². The first-order chi connectivity index (χ1) is 11.0. The Balaban J connectivity index is 1.83. The first-order valence-electron chi connectivity index (χ1n) is 7.21. The van der Waals surface area contributed by atoms with Gasteiger partial charge in [-0.3, -0.25) is 9.59 Å². The molecule has 2 N–H and O–H groups in total. The van der Waals surface area contributed by atoms with E-state index >= 15 is 0 Å². The van der Waals surface area contributed by atoms with Crippen molar-refractivity contribution < 1.29 is 9.59 Å². The fourth-order valence-electron chi connectivity index (χ4n) is 2.14. The van der Waals surface area contributed by atoms with Gasteiger partial charge in [0.05, 0.1) is 21.8 Å². The van der Waals surface area contributed by atoms with Crippen molar-refractivity contribution in [1.82, 2.24) is 5.32 Å². The molecule has 0 spiro atoms. The van der Waals surface area contributed by atoms with Gasteiger partial charge in [0, 0.05) is 10.5 Å². The van der Waals surface area contributed by atoms with Crippen molar-refractivity contribution in [3.05, 3.63) is 63.1 Å². The monoisotopic (exact) mass is 392 g/mol. The van der Waals surface area contributed by atoms with Crippen molar-refractivity contribution in [2.24, 2.45) is 0 Å². The van der Waals surface area contributed by atoms with E-state index in [4.69, 9.17) is 11.6 Å². The first-order valence-corrected chi connectivity index (χ1v) is 8.38. The maximum Gasteiger partial charge on any atom is 0.257 e. The Hall–Kier alpha value is -1.85. The molecule has 4 nitrogen and oxygen atoms in total. The standard InChI is InChI=1S/C17H14BrClN2O2/c18-10-5-8-14(19)13(9-10)17(23)21-15-4-2-1-3-12(15)16(22)20-11-6-7-11/h1-5,8-9,11H,6-7H2,(H,20,22)(H,21,23). The molecule has 0 aliphatic heterocycles. The Labute approximate surface area is 147 Å². The number of carbonyl (C=O) groups is 2. The zero-order chi connectivity index (χ0) is 16.4. The van der Waals surface area contributed by atoms with E-state index in [1.54, 1.807) is 42.5 Å². The van der Waals surface area contributed by atoms with Crippen LogP contribution in [0.15, 0.2) is 46.9 Å². The maximum absolute atomic E-state index is 12.4. The summed E-state index contributed by atoms with van der Waals surface area (Å²) in [5, 5.41) is 6.04. The smallest absolute Gasteiger partial charge is 0.257 e. The molecule has 0 saturated heterocycles. The molecule has 118 valence electrons. The van der Waals surface area contributed by atoms with Gasteiger partial charge >= 0.3 is 0 Å². The quantitative estimate of drug-likeness (QED) is 0.816. The van der Waals surface area contributed by atoms with Gasteiger partial charge in [0.25, 0.3) is 11.8 Å². The van der Waals surface area contributed by atoms with Gasteiger partial charge in [-0.2, -0.15) is 0 Å². The van der Waals surface area contributed by atoms with Gasteiger partial charge in [0.15, 0.2) is 0 Å². The van der Waals surface area contributed by atoms with Crippen LogP contribution >= 0.6 is 27.5 Å². The highest BCUT2D eigenvalue weighted by Crippen LogP contribution is 2.24. The summed E-state index contributed by atoms with van der Waals surface area (Å²) < 4.78 is 0.756. The number of rotatable bonds is 4. The number of anilines is 1. The van der Waals surface area contributed by atoms with Crippen LogP contribution in [0.25, 0.3) is 0 Å². The minimum absolute atomic E-state index is 0.177. The topological polar surface area (TPSA) is 58.2 Å². The van der Waals surface area contributed by atoms with Gasteiger partial charge in [-0.1, -0.05) is 39.7 Å². The predicted molar refractivity (Wildman–Crippen MR) is 94.0 cm³/mol. The molecule has 2 aromatic carbocycles. The first kappa shape index (κ1) is 16.0. The highest BCUT2D eigenvalue weighted by molar-refractivity contribution is 9.10. The molecular formula is C17H14BrClN2O2. The number of nitrogens with one attached hydrogen (secondary N) is 2. The zero-order valence-electron chi connectivity index (χ0n) is 12.1. The summed E-state index contributed by atoms with van der Waals surface area (Å²) in [6.07, 6.45) is 2.02. The molecule has 1 saturated carbocycles. The second kappa shape index (κ2) is 6.72. The number of hydrogen-bond acceptors (Lipinski definition) is 2. The normalized spacial score (nSPS) is 13.5. The molecule has 1 aliphatic rings. The van der Waals surface area contributed by atoms with Crippen LogP contribution in [0.4, 0.5) is 5.69 Å². The highest BCUT2D eigenvalue weighted by Gasteiger charge is 2.25. The van der Waals surface area contributed by atoms with Crippen LogP contribution in [0.2, 0.25) is 5.02 Å². The average Bonchev–Trinajstić information content (AvgIpc) is 3.34. The molecule has 0 aromatic heterocycles. The number of benzene rings is 2. The largest absolute Gasteiger partial charge is 0.349 e. The van der Waals surface area contributed by atoms with Crippen LogP contribution in [-0.2, 0) is 0 Å². The van der Waals surface area contributed by atoms with Crippen molar-refractivity contribution in [3.63, 3.8) is 0 Å². The molecule has 2 aromatic rings. The van der Waals surface area contributed by atoms with Crippen molar-refractivity contribution in [1.29, 1.82) is 0 Å². The van der Waals surface area contributed by atoms with Crippen LogP contribution < -0.4 is 10.6 Å². The number of carbonyl (C=O) groups excluding carboxylic acids is 2.